The van der Waals surface area contributed by atoms with Crippen molar-refractivity contribution in [1.29, 1.82) is 5.26 Å². The van der Waals surface area contributed by atoms with Gasteiger partial charge < -0.3 is 9.84 Å². The molecule has 0 spiro atoms. The third kappa shape index (κ3) is 4.60. The number of hydrogen-bond donors (Lipinski definition) is 1. The van der Waals surface area contributed by atoms with Gasteiger partial charge >= 0.3 is 0 Å². The Bertz CT molecular complexity index is 811. The van der Waals surface area contributed by atoms with Gasteiger partial charge in [-0.1, -0.05) is 11.6 Å². The number of aliphatic hydroxyl groups excluding tert-OH is 1. The summed E-state index contributed by atoms with van der Waals surface area (Å²) >= 11 is 7.30. The first-order valence-electron chi connectivity index (χ1n) is 7.04. The zero-order valence-corrected chi connectivity index (χ0v) is 14.5. The van der Waals surface area contributed by atoms with Crippen molar-refractivity contribution in [1.82, 2.24) is 0 Å². The molecule has 2 rings (SSSR count). The number of alkyl halides is 2. The zero-order chi connectivity index (χ0) is 18.6. The van der Waals surface area contributed by atoms with Gasteiger partial charge in [0, 0.05) is 16.5 Å². The van der Waals surface area contributed by atoms with Crippen LogP contribution < -0.4 is 4.74 Å². The number of benzene rings is 2. The van der Waals surface area contributed by atoms with Gasteiger partial charge in [0.15, 0.2) is 0 Å². The molecular formula is C17H13ClF3NO2S. The molecule has 1 N–H and O–H groups in total. The molecule has 0 aliphatic carbocycles. The fourth-order valence-electron chi connectivity index (χ4n) is 2.21. The van der Waals surface area contributed by atoms with E-state index in [1.54, 1.807) is 6.26 Å². The molecule has 3 nitrogen and oxygen atoms in total. The first-order chi connectivity index (χ1) is 11.9. The number of thioether (sulfide) groups is 1. The minimum atomic E-state index is -3.02. The first kappa shape index (κ1) is 19.4. The van der Waals surface area contributed by atoms with Crippen molar-refractivity contribution in [3.8, 4) is 17.6 Å². The number of rotatable bonds is 6. The van der Waals surface area contributed by atoms with Gasteiger partial charge in [0.25, 0.3) is 6.43 Å². The van der Waals surface area contributed by atoms with Gasteiger partial charge in [-0.2, -0.15) is 5.26 Å². The standard InChI is InChI=1S/C17H13ClF3NO2S/c1-25-13-3-2-12(15(18)14(13)16(23)17(20)21)24-11-7-9(4-5-22)6-10(19)8-11/h2-3,6-8,16-17,23H,4H2,1H3. The molecule has 132 valence electrons. The van der Waals surface area contributed by atoms with Gasteiger partial charge in [-0.25, -0.2) is 13.2 Å². The van der Waals surface area contributed by atoms with Crippen LogP contribution in [0.3, 0.4) is 0 Å². The third-order valence-electron chi connectivity index (χ3n) is 3.30. The highest BCUT2D eigenvalue weighted by atomic mass is 35.5. The van der Waals surface area contributed by atoms with Gasteiger partial charge in [0.1, 0.15) is 23.4 Å². The van der Waals surface area contributed by atoms with Gasteiger partial charge in [-0.3, -0.25) is 0 Å². The molecule has 0 saturated carbocycles. The Morgan fingerprint density at radius 3 is 2.64 bits per heavy atom. The molecule has 0 aromatic heterocycles. The SMILES string of the molecule is CSc1ccc(Oc2cc(F)cc(CC#N)c2)c(Cl)c1C(O)C(F)F. The van der Waals surface area contributed by atoms with E-state index in [1.807, 2.05) is 6.07 Å². The van der Waals surface area contributed by atoms with E-state index in [9.17, 15) is 18.3 Å². The van der Waals surface area contributed by atoms with E-state index in [2.05, 4.69) is 0 Å². The van der Waals surface area contributed by atoms with Crippen LogP contribution in [0.5, 0.6) is 11.5 Å². The van der Waals surface area contributed by atoms with Crippen LogP contribution in [-0.2, 0) is 6.42 Å². The molecule has 1 atom stereocenters. The lowest BCUT2D eigenvalue weighted by Gasteiger charge is -2.18. The second-order valence-electron chi connectivity index (χ2n) is 5.01. The van der Waals surface area contributed by atoms with Crippen LogP contribution in [0.1, 0.15) is 17.2 Å². The first-order valence-corrected chi connectivity index (χ1v) is 8.64. The minimum Gasteiger partial charge on any atom is -0.456 e. The maximum Gasteiger partial charge on any atom is 0.268 e. The highest BCUT2D eigenvalue weighted by Gasteiger charge is 2.27. The minimum absolute atomic E-state index is 0.00248. The van der Waals surface area contributed by atoms with Crippen LogP contribution in [0.4, 0.5) is 13.2 Å². The Balaban J connectivity index is 2.44. The van der Waals surface area contributed by atoms with Crippen LogP contribution in [0.25, 0.3) is 0 Å². The predicted molar refractivity (Wildman–Crippen MR) is 90.0 cm³/mol. The molecule has 0 heterocycles. The van der Waals surface area contributed by atoms with Crippen molar-refractivity contribution < 1.29 is 23.0 Å². The van der Waals surface area contributed by atoms with Crippen LogP contribution in [0, 0.1) is 17.1 Å². The highest BCUT2D eigenvalue weighted by molar-refractivity contribution is 7.98. The summed E-state index contributed by atoms with van der Waals surface area (Å²) in [6.07, 6.45) is -3.44. The van der Waals surface area contributed by atoms with Crippen molar-refractivity contribution in [2.75, 3.05) is 6.26 Å². The molecular weight excluding hydrogens is 375 g/mol. The average molecular weight is 388 g/mol. The monoisotopic (exact) mass is 387 g/mol. The second-order valence-corrected chi connectivity index (χ2v) is 6.23. The summed E-state index contributed by atoms with van der Waals surface area (Å²) in [5.74, 6) is -0.531. The maximum absolute atomic E-state index is 13.6. The molecule has 0 amide bonds. The van der Waals surface area contributed by atoms with Crippen molar-refractivity contribution >= 4 is 23.4 Å². The van der Waals surface area contributed by atoms with E-state index in [0.29, 0.717) is 10.5 Å². The van der Waals surface area contributed by atoms with E-state index in [4.69, 9.17) is 21.6 Å². The molecule has 0 saturated heterocycles. The van der Waals surface area contributed by atoms with Crippen molar-refractivity contribution in [3.05, 3.63) is 52.3 Å². The summed E-state index contributed by atoms with van der Waals surface area (Å²) in [4.78, 5) is 0.384. The number of hydrogen-bond acceptors (Lipinski definition) is 4. The van der Waals surface area contributed by atoms with E-state index in [1.165, 1.54) is 24.3 Å². The quantitative estimate of drug-likeness (QED) is 0.678. The molecule has 25 heavy (non-hydrogen) atoms. The topological polar surface area (TPSA) is 53.2 Å². The van der Waals surface area contributed by atoms with E-state index in [-0.39, 0.29) is 28.5 Å². The molecule has 1 unspecified atom stereocenters. The van der Waals surface area contributed by atoms with Crippen molar-refractivity contribution in [2.45, 2.75) is 23.8 Å². The summed E-state index contributed by atoms with van der Waals surface area (Å²) < 4.78 is 45.0. The smallest absolute Gasteiger partial charge is 0.268 e. The van der Waals surface area contributed by atoms with Crippen molar-refractivity contribution in [2.24, 2.45) is 0 Å². The van der Waals surface area contributed by atoms with Gasteiger partial charge in [-0.05, 0) is 36.1 Å². The van der Waals surface area contributed by atoms with E-state index in [0.717, 1.165) is 17.8 Å². The Morgan fingerprint density at radius 1 is 1.32 bits per heavy atom. The fraction of sp³-hybridized carbons (Fsp3) is 0.235. The summed E-state index contributed by atoms with van der Waals surface area (Å²) in [7, 11) is 0. The molecule has 8 heteroatoms. The Kier molecular flexibility index (Phi) is 6.59. The number of nitriles is 1. The number of aliphatic hydroxyl groups is 1. The molecule has 0 aliphatic rings. The summed E-state index contributed by atoms with van der Waals surface area (Å²) in [6.45, 7) is 0. The van der Waals surface area contributed by atoms with Crippen LogP contribution in [0.2, 0.25) is 5.02 Å². The molecule has 2 aromatic carbocycles. The Morgan fingerprint density at radius 2 is 2.04 bits per heavy atom. The molecule has 0 fully saturated rings. The van der Waals surface area contributed by atoms with Crippen LogP contribution in [0.15, 0.2) is 35.2 Å². The van der Waals surface area contributed by atoms with Gasteiger partial charge in [-0.15, -0.1) is 11.8 Å². The van der Waals surface area contributed by atoms with Crippen LogP contribution in [-0.4, -0.2) is 17.8 Å². The Hall–Kier alpha value is -1.88. The normalized spacial score (nSPS) is 12.1. The predicted octanol–water partition coefficient (Wildman–Crippen LogP) is 5.36. The second kappa shape index (κ2) is 8.48. The summed E-state index contributed by atoms with van der Waals surface area (Å²) in [6, 6.07) is 8.57. The molecule has 2 aromatic rings. The van der Waals surface area contributed by atoms with E-state index >= 15 is 0 Å². The number of ether oxygens (including phenoxy) is 1. The average Bonchev–Trinajstić information content (AvgIpc) is 2.55. The van der Waals surface area contributed by atoms with E-state index < -0.39 is 18.3 Å². The lowest BCUT2D eigenvalue weighted by molar-refractivity contribution is -0.00725. The fourth-order valence-corrected chi connectivity index (χ4v) is 3.23. The molecule has 0 bridgehead atoms. The third-order valence-corrected chi connectivity index (χ3v) is 4.49. The molecule has 0 radical (unpaired) electrons. The van der Waals surface area contributed by atoms with Crippen LogP contribution >= 0.6 is 23.4 Å². The zero-order valence-electron chi connectivity index (χ0n) is 13.0. The van der Waals surface area contributed by atoms with Gasteiger partial charge in [0.05, 0.1) is 17.5 Å². The lowest BCUT2D eigenvalue weighted by Crippen LogP contribution is -2.10. The molecule has 0 aliphatic heterocycles. The number of nitrogens with zero attached hydrogens (tertiary/aromatic N) is 1. The lowest BCUT2D eigenvalue weighted by atomic mass is 10.1. The largest absolute Gasteiger partial charge is 0.456 e. The summed E-state index contributed by atoms with van der Waals surface area (Å²) in [5.41, 5.74) is 0.262. The highest BCUT2D eigenvalue weighted by Crippen LogP contribution is 2.41. The van der Waals surface area contributed by atoms with Gasteiger partial charge in [0.2, 0.25) is 0 Å². The van der Waals surface area contributed by atoms with Crippen molar-refractivity contribution in [3.63, 3.8) is 0 Å². The Labute approximate surface area is 152 Å². The maximum atomic E-state index is 13.6. The summed E-state index contributed by atoms with van der Waals surface area (Å²) in [5, 5.41) is 18.3. The number of halogens is 4.